The summed E-state index contributed by atoms with van der Waals surface area (Å²) in [5, 5.41) is 6.91. The maximum atomic E-state index is 13.7. The van der Waals surface area contributed by atoms with Gasteiger partial charge in [0.05, 0.1) is 18.0 Å². The molecule has 3 aromatic heterocycles. The van der Waals surface area contributed by atoms with E-state index in [9.17, 15) is 9.18 Å². The zero-order valence-electron chi connectivity index (χ0n) is 18.4. The SMILES string of the molecule is C/C=C(/c1ccc(-c2cnn(C)c2)cc1)c1ccc(NC(=O)c2cncc(F)c2C)nc1.Cl. The second-order valence-corrected chi connectivity index (χ2v) is 7.36. The molecule has 0 saturated carbocycles. The average molecular weight is 464 g/mol. The van der Waals surface area contributed by atoms with Crippen LogP contribution in [0.25, 0.3) is 16.7 Å². The molecule has 0 atom stereocenters. The number of benzene rings is 1. The first-order chi connectivity index (χ1) is 15.5. The Bertz CT molecular complexity index is 1300. The van der Waals surface area contributed by atoms with Crippen LogP contribution in [-0.2, 0) is 7.05 Å². The fourth-order valence-corrected chi connectivity index (χ4v) is 3.45. The highest BCUT2D eigenvalue weighted by atomic mass is 35.5. The zero-order chi connectivity index (χ0) is 22.7. The molecule has 8 heteroatoms. The van der Waals surface area contributed by atoms with E-state index in [1.807, 2.05) is 38.5 Å². The van der Waals surface area contributed by atoms with Gasteiger partial charge in [0.25, 0.3) is 5.91 Å². The molecule has 6 nitrogen and oxygen atoms in total. The molecule has 0 aliphatic heterocycles. The number of pyridine rings is 2. The number of aryl methyl sites for hydroxylation is 1. The Hall–Kier alpha value is -3.84. The Labute approximate surface area is 197 Å². The van der Waals surface area contributed by atoms with Crippen molar-refractivity contribution in [2.45, 2.75) is 13.8 Å². The van der Waals surface area contributed by atoms with Crippen LogP contribution in [-0.4, -0.2) is 25.7 Å². The van der Waals surface area contributed by atoms with Gasteiger partial charge in [0.1, 0.15) is 11.6 Å². The molecule has 1 aromatic carbocycles. The molecule has 168 valence electrons. The largest absolute Gasteiger partial charge is 0.307 e. The number of hydrogen-bond acceptors (Lipinski definition) is 4. The Morgan fingerprint density at radius 3 is 2.33 bits per heavy atom. The number of hydrogen-bond donors (Lipinski definition) is 1. The molecule has 4 rings (SSSR count). The summed E-state index contributed by atoms with van der Waals surface area (Å²) < 4.78 is 15.5. The van der Waals surface area contributed by atoms with Crippen LogP contribution in [0.4, 0.5) is 10.2 Å². The van der Waals surface area contributed by atoms with Crippen LogP contribution >= 0.6 is 12.4 Å². The van der Waals surface area contributed by atoms with E-state index in [4.69, 9.17) is 0 Å². The summed E-state index contributed by atoms with van der Waals surface area (Å²) >= 11 is 0. The third-order valence-corrected chi connectivity index (χ3v) is 5.24. The molecule has 0 unspecified atom stereocenters. The van der Waals surface area contributed by atoms with E-state index >= 15 is 0 Å². The Kier molecular flexibility index (Phi) is 7.35. The van der Waals surface area contributed by atoms with Crippen molar-refractivity contribution in [1.29, 1.82) is 0 Å². The maximum Gasteiger partial charge on any atom is 0.258 e. The summed E-state index contributed by atoms with van der Waals surface area (Å²) in [6.07, 6.45) is 9.97. The first-order valence-electron chi connectivity index (χ1n) is 10.1. The van der Waals surface area contributed by atoms with Crippen molar-refractivity contribution in [2.75, 3.05) is 5.32 Å². The van der Waals surface area contributed by atoms with Crippen molar-refractivity contribution in [2.24, 2.45) is 7.05 Å². The van der Waals surface area contributed by atoms with Crippen molar-refractivity contribution in [3.05, 3.63) is 102 Å². The van der Waals surface area contributed by atoms with Gasteiger partial charge < -0.3 is 5.32 Å². The number of carbonyl (C=O) groups excluding carboxylic acids is 1. The van der Waals surface area contributed by atoms with E-state index < -0.39 is 11.7 Å². The van der Waals surface area contributed by atoms with Crippen LogP contribution < -0.4 is 5.32 Å². The second kappa shape index (κ2) is 10.2. The number of anilines is 1. The zero-order valence-corrected chi connectivity index (χ0v) is 19.2. The van der Waals surface area contributed by atoms with Crippen LogP contribution in [0.15, 0.2) is 73.5 Å². The van der Waals surface area contributed by atoms with Gasteiger partial charge >= 0.3 is 0 Å². The quantitative estimate of drug-likeness (QED) is 0.427. The summed E-state index contributed by atoms with van der Waals surface area (Å²) in [6, 6.07) is 11.9. The summed E-state index contributed by atoms with van der Waals surface area (Å²) in [5.41, 5.74) is 5.59. The van der Waals surface area contributed by atoms with Gasteiger partial charge in [0.2, 0.25) is 0 Å². The van der Waals surface area contributed by atoms with Gasteiger partial charge in [-0.3, -0.25) is 14.5 Å². The predicted octanol–water partition coefficient (Wildman–Crippen LogP) is 5.45. The number of halogens is 2. The number of nitrogens with zero attached hydrogens (tertiary/aromatic N) is 4. The van der Waals surface area contributed by atoms with Crippen molar-refractivity contribution < 1.29 is 9.18 Å². The van der Waals surface area contributed by atoms with E-state index in [1.165, 1.54) is 6.20 Å². The van der Waals surface area contributed by atoms with Gasteiger partial charge in [0.15, 0.2) is 0 Å². The lowest BCUT2D eigenvalue weighted by Crippen LogP contribution is -2.15. The standard InChI is InChI=1S/C25H22FN5O.ClH/c1-4-21(18-7-5-17(6-8-18)20-12-29-31(3)15-20)19-9-10-24(28-11-19)30-25(32)22-13-27-14-23(26)16(22)2;/h4-15H,1-3H3,(H,28,30,32);1H/b21-4-;. The van der Waals surface area contributed by atoms with Gasteiger partial charge in [-0.1, -0.05) is 30.3 Å². The molecule has 0 radical (unpaired) electrons. The third-order valence-electron chi connectivity index (χ3n) is 5.24. The van der Waals surface area contributed by atoms with Crippen LogP contribution in [0, 0.1) is 12.7 Å². The van der Waals surface area contributed by atoms with Gasteiger partial charge in [0, 0.05) is 42.3 Å². The molecule has 3 heterocycles. The molecule has 4 aromatic rings. The molecule has 0 fully saturated rings. The molecule has 1 amide bonds. The van der Waals surface area contributed by atoms with E-state index in [0.717, 1.165) is 34.0 Å². The fraction of sp³-hybridized carbons (Fsp3) is 0.120. The van der Waals surface area contributed by atoms with E-state index in [2.05, 4.69) is 44.6 Å². The van der Waals surface area contributed by atoms with E-state index in [0.29, 0.717) is 5.82 Å². The Morgan fingerprint density at radius 2 is 1.73 bits per heavy atom. The summed E-state index contributed by atoms with van der Waals surface area (Å²) in [5.74, 6) is -0.593. The summed E-state index contributed by atoms with van der Waals surface area (Å²) in [6.45, 7) is 3.51. The predicted molar refractivity (Wildman–Crippen MR) is 130 cm³/mol. The minimum atomic E-state index is -0.520. The lowest BCUT2D eigenvalue weighted by atomic mass is 9.97. The number of rotatable bonds is 5. The highest BCUT2D eigenvalue weighted by Crippen LogP contribution is 2.27. The van der Waals surface area contributed by atoms with Crippen LogP contribution in [0.1, 0.15) is 34.0 Å². The number of carbonyl (C=O) groups is 1. The first-order valence-corrected chi connectivity index (χ1v) is 10.1. The van der Waals surface area contributed by atoms with Crippen LogP contribution in [0.3, 0.4) is 0 Å². The van der Waals surface area contributed by atoms with Crippen molar-refractivity contribution in [3.8, 4) is 11.1 Å². The fourth-order valence-electron chi connectivity index (χ4n) is 3.45. The number of allylic oxidation sites excluding steroid dienone is 1. The lowest BCUT2D eigenvalue weighted by Gasteiger charge is -2.11. The topological polar surface area (TPSA) is 72.7 Å². The third kappa shape index (κ3) is 5.15. The highest BCUT2D eigenvalue weighted by molar-refractivity contribution is 6.04. The molecule has 0 saturated heterocycles. The van der Waals surface area contributed by atoms with Gasteiger partial charge in [-0.15, -0.1) is 12.4 Å². The normalized spacial score (nSPS) is 11.1. The number of amides is 1. The smallest absolute Gasteiger partial charge is 0.258 e. The highest BCUT2D eigenvalue weighted by Gasteiger charge is 2.14. The molecule has 0 spiro atoms. The summed E-state index contributed by atoms with van der Waals surface area (Å²) in [4.78, 5) is 20.6. The number of aromatic nitrogens is 4. The van der Waals surface area contributed by atoms with Gasteiger partial charge in [-0.25, -0.2) is 9.37 Å². The van der Waals surface area contributed by atoms with Crippen molar-refractivity contribution in [1.82, 2.24) is 19.7 Å². The molecular formula is C25H23ClFN5O. The second-order valence-electron chi connectivity index (χ2n) is 7.36. The molecule has 0 aliphatic rings. The average Bonchev–Trinajstić information content (AvgIpc) is 3.24. The van der Waals surface area contributed by atoms with Gasteiger partial charge in [-0.2, -0.15) is 5.10 Å². The first kappa shape index (κ1) is 23.8. The van der Waals surface area contributed by atoms with Crippen molar-refractivity contribution >= 4 is 29.7 Å². The van der Waals surface area contributed by atoms with E-state index in [-0.39, 0.29) is 23.5 Å². The molecule has 1 N–H and O–H groups in total. The molecule has 33 heavy (non-hydrogen) atoms. The Balaban J connectivity index is 0.00000306. The number of nitrogens with one attached hydrogen (secondary N) is 1. The molecule has 0 bridgehead atoms. The van der Waals surface area contributed by atoms with Crippen LogP contribution in [0.2, 0.25) is 0 Å². The maximum absolute atomic E-state index is 13.7. The minimum absolute atomic E-state index is 0. The van der Waals surface area contributed by atoms with Gasteiger partial charge in [-0.05, 0) is 42.7 Å². The van der Waals surface area contributed by atoms with Crippen LogP contribution in [0.5, 0.6) is 0 Å². The van der Waals surface area contributed by atoms with Crippen molar-refractivity contribution in [3.63, 3.8) is 0 Å². The lowest BCUT2D eigenvalue weighted by molar-refractivity contribution is 0.102. The molecule has 0 aliphatic carbocycles. The summed E-state index contributed by atoms with van der Waals surface area (Å²) in [7, 11) is 1.89. The molecular weight excluding hydrogens is 441 g/mol. The van der Waals surface area contributed by atoms with E-state index in [1.54, 1.807) is 23.9 Å². The Morgan fingerprint density at radius 1 is 1.00 bits per heavy atom. The minimum Gasteiger partial charge on any atom is -0.307 e. The monoisotopic (exact) mass is 463 g/mol.